The number of methoxy groups -OCH3 is 2. The third-order valence-electron chi connectivity index (χ3n) is 4.16. The summed E-state index contributed by atoms with van der Waals surface area (Å²) >= 11 is 0. The average Bonchev–Trinajstić information content (AvgIpc) is 2.74. The third kappa shape index (κ3) is 4.01. The summed E-state index contributed by atoms with van der Waals surface area (Å²) in [5.41, 5.74) is 0.184. The first-order chi connectivity index (χ1) is 13.5. The van der Waals surface area contributed by atoms with E-state index in [0.717, 1.165) is 5.56 Å². The number of carbonyl (C=O) groups excluding carboxylic acids is 1. The van der Waals surface area contributed by atoms with Crippen LogP contribution in [-0.2, 0) is 6.42 Å². The molecular weight excluding hydrogens is 362 g/mol. The minimum absolute atomic E-state index is 0.0567. The lowest BCUT2D eigenvalue weighted by Gasteiger charge is -2.09. The summed E-state index contributed by atoms with van der Waals surface area (Å²) in [5, 5.41) is 10.0. The van der Waals surface area contributed by atoms with E-state index in [-0.39, 0.29) is 17.9 Å². The number of H-pyrrole nitrogens is 1. The van der Waals surface area contributed by atoms with Gasteiger partial charge in [0.2, 0.25) is 5.75 Å². The van der Waals surface area contributed by atoms with Crippen LogP contribution in [0.25, 0.3) is 11.5 Å². The van der Waals surface area contributed by atoms with Crippen LogP contribution in [0.3, 0.4) is 0 Å². The standard InChI is InChI=1S/C20H19N3O5/c1-27-15-9-7-12(11-16(15)28-2)6-8-14(24)17-18(25)20(26)23-19(22-17)13-5-3-4-10-21-13/h3-5,7,9-11,25H,6,8H2,1-2H3,(H,22,23,26). The topological polar surface area (TPSA) is 114 Å². The molecule has 8 nitrogen and oxygen atoms in total. The molecule has 1 aromatic carbocycles. The molecule has 8 heteroatoms. The molecule has 28 heavy (non-hydrogen) atoms. The molecule has 0 amide bonds. The van der Waals surface area contributed by atoms with E-state index in [1.807, 2.05) is 6.07 Å². The number of nitrogens with zero attached hydrogens (tertiary/aromatic N) is 2. The number of aryl methyl sites for hydroxylation is 1. The van der Waals surface area contributed by atoms with Crippen LogP contribution in [0, 0.1) is 0 Å². The molecule has 2 aromatic heterocycles. The highest BCUT2D eigenvalue weighted by atomic mass is 16.5. The Kier molecular flexibility index (Phi) is 5.69. The van der Waals surface area contributed by atoms with Crippen LogP contribution >= 0.6 is 0 Å². The summed E-state index contributed by atoms with van der Waals surface area (Å²) in [7, 11) is 3.08. The molecule has 0 spiro atoms. The Balaban J connectivity index is 1.83. The van der Waals surface area contributed by atoms with Gasteiger partial charge in [-0.2, -0.15) is 0 Å². The van der Waals surface area contributed by atoms with Gasteiger partial charge >= 0.3 is 0 Å². The molecule has 0 aliphatic rings. The van der Waals surface area contributed by atoms with Crippen LogP contribution < -0.4 is 15.0 Å². The lowest BCUT2D eigenvalue weighted by atomic mass is 10.0. The second-order valence-electron chi connectivity index (χ2n) is 5.94. The molecule has 0 aliphatic carbocycles. The quantitative estimate of drug-likeness (QED) is 0.604. The average molecular weight is 381 g/mol. The van der Waals surface area contributed by atoms with E-state index in [2.05, 4.69) is 15.0 Å². The normalized spacial score (nSPS) is 10.5. The fraction of sp³-hybridized carbons (Fsp3) is 0.200. The summed E-state index contributed by atoms with van der Waals surface area (Å²) in [6.07, 6.45) is 1.98. The lowest BCUT2D eigenvalue weighted by molar-refractivity contribution is 0.0974. The summed E-state index contributed by atoms with van der Waals surface area (Å²) in [4.78, 5) is 35.3. The minimum Gasteiger partial charge on any atom is -0.501 e. The van der Waals surface area contributed by atoms with Crippen molar-refractivity contribution in [3.63, 3.8) is 0 Å². The molecule has 144 valence electrons. The minimum atomic E-state index is -0.787. The number of carbonyl (C=O) groups is 1. The van der Waals surface area contributed by atoms with Crippen LogP contribution in [0.2, 0.25) is 0 Å². The number of benzene rings is 1. The highest BCUT2D eigenvalue weighted by Crippen LogP contribution is 2.28. The van der Waals surface area contributed by atoms with Crippen molar-refractivity contribution < 1.29 is 19.4 Å². The van der Waals surface area contributed by atoms with Gasteiger partial charge in [-0.15, -0.1) is 0 Å². The summed E-state index contributed by atoms with van der Waals surface area (Å²) < 4.78 is 10.4. The third-order valence-corrected chi connectivity index (χ3v) is 4.16. The number of Topliss-reactive ketones (excluding diaryl/α,β-unsaturated/α-hetero) is 1. The van der Waals surface area contributed by atoms with Gasteiger partial charge < -0.3 is 19.6 Å². The van der Waals surface area contributed by atoms with E-state index in [1.165, 1.54) is 7.11 Å². The van der Waals surface area contributed by atoms with Gasteiger partial charge in [-0.3, -0.25) is 14.6 Å². The second-order valence-corrected chi connectivity index (χ2v) is 5.94. The number of nitrogens with one attached hydrogen (secondary N) is 1. The number of ketones is 1. The maximum atomic E-state index is 12.6. The van der Waals surface area contributed by atoms with Crippen molar-refractivity contribution in [1.29, 1.82) is 0 Å². The van der Waals surface area contributed by atoms with Crippen molar-refractivity contribution in [1.82, 2.24) is 15.0 Å². The summed E-state index contributed by atoms with van der Waals surface area (Å²) in [6, 6.07) is 10.4. The van der Waals surface area contributed by atoms with E-state index < -0.39 is 17.1 Å². The Hall–Kier alpha value is -3.68. The van der Waals surface area contributed by atoms with Crippen LogP contribution in [0.15, 0.2) is 47.4 Å². The molecule has 0 saturated heterocycles. The predicted molar refractivity (Wildman–Crippen MR) is 102 cm³/mol. The molecular formula is C20H19N3O5. The first-order valence-electron chi connectivity index (χ1n) is 8.52. The van der Waals surface area contributed by atoms with E-state index in [9.17, 15) is 14.7 Å². The number of rotatable bonds is 7. The smallest absolute Gasteiger partial charge is 0.294 e. The molecule has 0 fully saturated rings. The van der Waals surface area contributed by atoms with Crippen molar-refractivity contribution in [2.75, 3.05) is 14.2 Å². The zero-order valence-electron chi connectivity index (χ0n) is 15.4. The molecule has 0 aliphatic heterocycles. The largest absolute Gasteiger partial charge is 0.501 e. The van der Waals surface area contributed by atoms with Crippen LogP contribution in [0.4, 0.5) is 0 Å². The Morgan fingerprint density at radius 2 is 1.93 bits per heavy atom. The molecule has 0 bridgehead atoms. The number of ether oxygens (including phenoxy) is 2. The summed E-state index contributed by atoms with van der Waals surface area (Å²) in [6.45, 7) is 0. The molecule has 0 radical (unpaired) electrons. The van der Waals surface area contributed by atoms with Crippen LogP contribution in [0.5, 0.6) is 17.2 Å². The molecule has 0 atom stereocenters. The van der Waals surface area contributed by atoms with Crippen LogP contribution in [0.1, 0.15) is 22.5 Å². The van der Waals surface area contributed by atoms with Crippen molar-refractivity contribution in [3.8, 4) is 28.8 Å². The van der Waals surface area contributed by atoms with Gasteiger partial charge in [0.1, 0.15) is 5.69 Å². The van der Waals surface area contributed by atoms with E-state index in [1.54, 1.807) is 43.6 Å². The number of hydrogen-bond donors (Lipinski definition) is 2. The Morgan fingerprint density at radius 3 is 2.61 bits per heavy atom. The fourth-order valence-corrected chi connectivity index (χ4v) is 2.70. The van der Waals surface area contributed by atoms with Gasteiger partial charge in [-0.25, -0.2) is 4.98 Å². The Morgan fingerprint density at radius 1 is 1.14 bits per heavy atom. The second kappa shape index (κ2) is 8.34. The number of hydrogen-bond acceptors (Lipinski definition) is 7. The van der Waals surface area contributed by atoms with Crippen LogP contribution in [-0.4, -0.2) is 40.1 Å². The highest BCUT2D eigenvalue weighted by Gasteiger charge is 2.19. The number of pyridine rings is 1. The monoisotopic (exact) mass is 381 g/mol. The van der Waals surface area contributed by atoms with Crippen molar-refractivity contribution in [2.24, 2.45) is 0 Å². The van der Waals surface area contributed by atoms with Gasteiger partial charge in [0.25, 0.3) is 5.56 Å². The van der Waals surface area contributed by atoms with Gasteiger partial charge in [0, 0.05) is 12.6 Å². The van der Waals surface area contributed by atoms with Gasteiger partial charge in [0.05, 0.1) is 14.2 Å². The van der Waals surface area contributed by atoms with Gasteiger partial charge in [0.15, 0.2) is 28.8 Å². The maximum Gasteiger partial charge on any atom is 0.294 e. The Labute approximate surface area is 160 Å². The predicted octanol–water partition coefficient (Wildman–Crippen LogP) is 2.37. The number of aromatic nitrogens is 3. The summed E-state index contributed by atoms with van der Waals surface area (Å²) in [5.74, 6) is 0.124. The fourth-order valence-electron chi connectivity index (χ4n) is 2.70. The van der Waals surface area contributed by atoms with E-state index in [0.29, 0.717) is 23.6 Å². The molecule has 2 N–H and O–H groups in total. The van der Waals surface area contributed by atoms with Gasteiger partial charge in [-0.1, -0.05) is 12.1 Å². The first-order valence-corrected chi connectivity index (χ1v) is 8.52. The van der Waals surface area contributed by atoms with E-state index >= 15 is 0 Å². The molecule has 3 rings (SSSR count). The SMILES string of the molecule is COc1ccc(CCC(=O)c2nc(-c3ccccn3)[nH]c(=O)c2O)cc1OC. The zero-order valence-corrected chi connectivity index (χ0v) is 15.4. The molecule has 2 heterocycles. The zero-order chi connectivity index (χ0) is 20.1. The van der Waals surface area contributed by atoms with Gasteiger partial charge in [-0.05, 0) is 36.2 Å². The Bertz CT molecular complexity index is 1050. The molecule has 0 unspecified atom stereocenters. The van der Waals surface area contributed by atoms with E-state index in [4.69, 9.17) is 9.47 Å². The highest BCUT2D eigenvalue weighted by molar-refractivity contribution is 5.97. The number of aromatic amines is 1. The maximum absolute atomic E-state index is 12.6. The molecule has 0 saturated carbocycles. The molecule has 3 aromatic rings. The number of aromatic hydroxyl groups is 1. The van der Waals surface area contributed by atoms with Crippen molar-refractivity contribution in [2.45, 2.75) is 12.8 Å². The van der Waals surface area contributed by atoms with Crippen molar-refractivity contribution >= 4 is 5.78 Å². The first kappa shape index (κ1) is 19.1. The lowest BCUT2D eigenvalue weighted by Crippen LogP contribution is -2.16. The van der Waals surface area contributed by atoms with Crippen molar-refractivity contribution in [3.05, 3.63) is 64.2 Å².